The van der Waals surface area contributed by atoms with Gasteiger partial charge in [-0.1, -0.05) is 29.8 Å². The average molecular weight is 211 g/mol. The van der Waals surface area contributed by atoms with Crippen molar-refractivity contribution in [3.63, 3.8) is 0 Å². The largest absolute Gasteiger partial charge is 0.505 e. The summed E-state index contributed by atoms with van der Waals surface area (Å²) in [7, 11) is 0. The Morgan fingerprint density at radius 2 is 2.21 bits per heavy atom. The van der Waals surface area contributed by atoms with Crippen molar-refractivity contribution < 1.29 is 5.11 Å². The molecular formula is C10H11ClN2O. The van der Waals surface area contributed by atoms with Gasteiger partial charge in [0.25, 0.3) is 0 Å². The maximum atomic E-state index is 9.29. The molecule has 74 valence electrons. The Balaban J connectivity index is 3.02. The molecule has 0 fully saturated rings. The second kappa shape index (κ2) is 4.77. The monoisotopic (exact) mass is 210 g/mol. The predicted octanol–water partition coefficient (Wildman–Crippen LogP) is 2.82. The first kappa shape index (κ1) is 10.7. The molecule has 0 saturated carbocycles. The Morgan fingerprint density at radius 3 is 2.79 bits per heavy atom. The Hall–Kier alpha value is -1.35. The van der Waals surface area contributed by atoms with Crippen molar-refractivity contribution in [3.05, 3.63) is 35.1 Å². The number of rotatable bonds is 2. The third-order valence-corrected chi connectivity index (χ3v) is 1.94. The summed E-state index contributed by atoms with van der Waals surface area (Å²) in [6.45, 7) is 3.81. The quantitative estimate of drug-likeness (QED) is 0.764. The van der Waals surface area contributed by atoms with Crippen LogP contribution in [0.5, 0.6) is 5.75 Å². The maximum absolute atomic E-state index is 9.29. The molecule has 0 atom stereocenters. The van der Waals surface area contributed by atoms with Gasteiger partial charge in [0.1, 0.15) is 0 Å². The molecular weight excluding hydrogens is 200 g/mol. The zero-order valence-electron chi connectivity index (χ0n) is 8.03. The van der Waals surface area contributed by atoms with E-state index in [9.17, 15) is 5.11 Å². The van der Waals surface area contributed by atoms with Gasteiger partial charge in [-0.25, -0.2) is 0 Å². The fourth-order valence-corrected chi connectivity index (χ4v) is 0.978. The number of hydrogen-bond donors (Lipinski definition) is 1. The van der Waals surface area contributed by atoms with Crippen LogP contribution in [0.15, 0.2) is 24.3 Å². The highest BCUT2D eigenvalue weighted by atomic mass is 35.5. The molecule has 0 aliphatic rings. The normalized spacial score (nSPS) is 12.4. The summed E-state index contributed by atoms with van der Waals surface area (Å²) in [6, 6.07) is 1.49. The molecule has 14 heavy (non-hydrogen) atoms. The van der Waals surface area contributed by atoms with E-state index in [-0.39, 0.29) is 10.9 Å². The summed E-state index contributed by atoms with van der Waals surface area (Å²) >= 11 is 5.53. The summed E-state index contributed by atoms with van der Waals surface area (Å²) in [5.74, 6) is -0.0510. The number of halogens is 1. The number of aromatic hydroxyl groups is 1. The smallest absolute Gasteiger partial charge is 0.193 e. The van der Waals surface area contributed by atoms with Crippen LogP contribution in [0.4, 0.5) is 0 Å². The molecule has 1 aromatic rings. The molecule has 0 radical (unpaired) electrons. The Labute approximate surface area is 87.7 Å². The van der Waals surface area contributed by atoms with Crippen LogP contribution < -0.4 is 0 Å². The van der Waals surface area contributed by atoms with Gasteiger partial charge in [-0.15, -0.1) is 10.2 Å². The standard InChI is InChI=1S/C10H11ClN2O/c1-3-4-5-7(2)8-6-9(14)10(11)13-12-8/h3-6H,1-2H3,(H,12,14)/b4-3-,7-5+. The van der Waals surface area contributed by atoms with Crippen LogP contribution in [0.2, 0.25) is 5.15 Å². The van der Waals surface area contributed by atoms with Gasteiger partial charge in [-0.05, 0) is 19.4 Å². The molecule has 1 N–H and O–H groups in total. The Kier molecular flexibility index (Phi) is 3.65. The molecule has 0 aliphatic carbocycles. The average Bonchev–Trinajstić information content (AvgIpc) is 2.18. The van der Waals surface area contributed by atoms with Crippen LogP contribution in [0, 0.1) is 0 Å². The minimum atomic E-state index is -0.0510. The van der Waals surface area contributed by atoms with E-state index in [4.69, 9.17) is 11.6 Å². The molecule has 0 aromatic carbocycles. The molecule has 0 saturated heterocycles. The van der Waals surface area contributed by atoms with E-state index in [1.165, 1.54) is 6.07 Å². The molecule has 0 aliphatic heterocycles. The van der Waals surface area contributed by atoms with Crippen molar-refractivity contribution in [1.29, 1.82) is 0 Å². The Bertz CT molecular complexity index is 386. The molecule has 0 spiro atoms. The number of allylic oxidation sites excluding steroid dienone is 4. The minimum absolute atomic E-state index is 0.0209. The van der Waals surface area contributed by atoms with Crippen LogP contribution in [0.3, 0.4) is 0 Å². The lowest BCUT2D eigenvalue weighted by molar-refractivity contribution is 0.470. The first-order chi connectivity index (χ1) is 6.65. The highest BCUT2D eigenvalue weighted by molar-refractivity contribution is 6.30. The SMILES string of the molecule is C/C=C\C=C(/C)c1cc(O)c(Cl)nn1. The molecule has 0 amide bonds. The Morgan fingerprint density at radius 1 is 1.50 bits per heavy atom. The fraction of sp³-hybridized carbons (Fsp3) is 0.200. The van der Waals surface area contributed by atoms with Gasteiger partial charge in [-0.2, -0.15) is 0 Å². The summed E-state index contributed by atoms with van der Waals surface area (Å²) in [5, 5.41) is 16.8. The van der Waals surface area contributed by atoms with Crippen molar-refractivity contribution in [1.82, 2.24) is 10.2 Å². The van der Waals surface area contributed by atoms with E-state index in [0.717, 1.165) is 5.57 Å². The van der Waals surface area contributed by atoms with E-state index in [0.29, 0.717) is 5.69 Å². The molecule has 1 heterocycles. The molecule has 3 nitrogen and oxygen atoms in total. The van der Waals surface area contributed by atoms with Crippen LogP contribution >= 0.6 is 11.6 Å². The minimum Gasteiger partial charge on any atom is -0.505 e. The van der Waals surface area contributed by atoms with Crippen LogP contribution in [-0.2, 0) is 0 Å². The van der Waals surface area contributed by atoms with Crippen molar-refractivity contribution in [2.45, 2.75) is 13.8 Å². The molecule has 1 aromatic heterocycles. The van der Waals surface area contributed by atoms with Gasteiger partial charge in [-0.3, -0.25) is 0 Å². The van der Waals surface area contributed by atoms with Gasteiger partial charge in [0.2, 0.25) is 0 Å². The summed E-state index contributed by atoms with van der Waals surface area (Å²) in [5.41, 5.74) is 1.53. The van der Waals surface area contributed by atoms with Crippen molar-refractivity contribution in [3.8, 4) is 5.75 Å². The lowest BCUT2D eigenvalue weighted by Gasteiger charge is -2.00. The molecule has 0 bridgehead atoms. The van der Waals surface area contributed by atoms with E-state index >= 15 is 0 Å². The lowest BCUT2D eigenvalue weighted by atomic mass is 10.2. The van der Waals surface area contributed by atoms with Gasteiger partial charge >= 0.3 is 0 Å². The van der Waals surface area contributed by atoms with E-state index in [1.54, 1.807) is 0 Å². The third kappa shape index (κ3) is 2.57. The number of aromatic nitrogens is 2. The van der Waals surface area contributed by atoms with Crippen molar-refractivity contribution >= 4 is 17.2 Å². The summed E-state index contributed by atoms with van der Waals surface area (Å²) < 4.78 is 0. The fourth-order valence-electron chi connectivity index (χ4n) is 0.886. The predicted molar refractivity (Wildman–Crippen MR) is 57.2 cm³/mol. The third-order valence-electron chi connectivity index (χ3n) is 1.67. The lowest BCUT2D eigenvalue weighted by Crippen LogP contribution is -1.90. The van der Waals surface area contributed by atoms with E-state index in [1.807, 2.05) is 32.1 Å². The highest BCUT2D eigenvalue weighted by Gasteiger charge is 2.03. The topological polar surface area (TPSA) is 46.0 Å². The second-order valence-electron chi connectivity index (χ2n) is 2.78. The van der Waals surface area contributed by atoms with Crippen molar-refractivity contribution in [2.75, 3.05) is 0 Å². The van der Waals surface area contributed by atoms with Crippen LogP contribution in [0.25, 0.3) is 5.57 Å². The first-order valence-electron chi connectivity index (χ1n) is 4.17. The number of nitrogens with zero attached hydrogens (tertiary/aromatic N) is 2. The molecule has 0 unspecified atom stereocenters. The van der Waals surface area contributed by atoms with E-state index in [2.05, 4.69) is 10.2 Å². The molecule has 1 rings (SSSR count). The van der Waals surface area contributed by atoms with Gasteiger partial charge in [0, 0.05) is 6.07 Å². The second-order valence-corrected chi connectivity index (χ2v) is 3.14. The van der Waals surface area contributed by atoms with Gasteiger partial charge < -0.3 is 5.11 Å². The molecule has 4 heteroatoms. The van der Waals surface area contributed by atoms with Gasteiger partial charge in [0.15, 0.2) is 10.9 Å². The van der Waals surface area contributed by atoms with Gasteiger partial charge in [0.05, 0.1) is 5.69 Å². The highest BCUT2D eigenvalue weighted by Crippen LogP contribution is 2.22. The zero-order valence-corrected chi connectivity index (χ0v) is 8.78. The van der Waals surface area contributed by atoms with Crippen LogP contribution in [-0.4, -0.2) is 15.3 Å². The van der Waals surface area contributed by atoms with Crippen molar-refractivity contribution in [2.24, 2.45) is 0 Å². The maximum Gasteiger partial charge on any atom is 0.193 e. The van der Waals surface area contributed by atoms with Crippen LogP contribution in [0.1, 0.15) is 19.5 Å². The zero-order chi connectivity index (χ0) is 10.6. The summed E-state index contributed by atoms with van der Waals surface area (Å²) in [6.07, 6.45) is 5.69. The first-order valence-corrected chi connectivity index (χ1v) is 4.55. The number of hydrogen-bond acceptors (Lipinski definition) is 3. The van der Waals surface area contributed by atoms with E-state index < -0.39 is 0 Å². The summed E-state index contributed by atoms with van der Waals surface area (Å²) in [4.78, 5) is 0.